The minimum atomic E-state index is 0.753. The molecule has 0 saturated carbocycles. The molecule has 0 bridgehead atoms. The molecule has 2 heterocycles. The van der Waals surface area contributed by atoms with Gasteiger partial charge >= 0.3 is 0 Å². The van der Waals surface area contributed by atoms with E-state index in [0.29, 0.717) is 0 Å². The minimum Gasteiger partial charge on any atom is -0.316 e. The third-order valence-electron chi connectivity index (χ3n) is 4.04. The number of rotatable bonds is 2. The molecule has 0 amide bonds. The Morgan fingerprint density at radius 3 is 3.18 bits per heavy atom. The summed E-state index contributed by atoms with van der Waals surface area (Å²) in [4.78, 5) is 0. The Hall–Kier alpha value is -0.860. The fourth-order valence-electron chi connectivity index (χ4n) is 3.07. The first-order valence-electron chi connectivity index (χ1n) is 6.57. The number of nitrogens with one attached hydrogen (secondary N) is 1. The Labute approximate surface area is 107 Å². The maximum Gasteiger partial charge on any atom is 0.0377 e. The molecule has 1 aliphatic heterocycles. The van der Waals surface area contributed by atoms with Crippen molar-refractivity contribution in [3.8, 4) is 0 Å². The molecular formula is C15H19NS. The first kappa shape index (κ1) is 11.2. The smallest absolute Gasteiger partial charge is 0.0377 e. The van der Waals surface area contributed by atoms with Gasteiger partial charge < -0.3 is 5.32 Å². The summed E-state index contributed by atoms with van der Waals surface area (Å²) in [5, 5.41) is 7.17. The molecule has 1 nitrogen and oxygen atoms in total. The van der Waals surface area contributed by atoms with Crippen LogP contribution in [0.4, 0.5) is 0 Å². The maximum absolute atomic E-state index is 3.53. The van der Waals surface area contributed by atoms with Gasteiger partial charge in [-0.3, -0.25) is 0 Å². The van der Waals surface area contributed by atoms with Gasteiger partial charge in [-0.2, -0.15) is 0 Å². The first-order chi connectivity index (χ1) is 8.40. The molecule has 0 radical (unpaired) electrons. The fourth-order valence-corrected chi connectivity index (χ4v) is 4.05. The van der Waals surface area contributed by atoms with Gasteiger partial charge in [-0.05, 0) is 53.7 Å². The van der Waals surface area contributed by atoms with Gasteiger partial charge in [0.15, 0.2) is 0 Å². The highest BCUT2D eigenvalue weighted by Crippen LogP contribution is 2.38. The molecule has 1 fully saturated rings. The van der Waals surface area contributed by atoms with Gasteiger partial charge in [0.1, 0.15) is 0 Å². The predicted octanol–water partition coefficient (Wildman–Crippen LogP) is 4.00. The normalized spacial score (nSPS) is 25.2. The molecule has 1 aliphatic rings. The van der Waals surface area contributed by atoms with E-state index in [9.17, 15) is 0 Å². The second kappa shape index (κ2) is 4.79. The summed E-state index contributed by atoms with van der Waals surface area (Å²) in [5.74, 6) is 1.56. The van der Waals surface area contributed by atoms with Crippen molar-refractivity contribution in [2.24, 2.45) is 5.92 Å². The molecule has 0 spiro atoms. The molecule has 1 N–H and O–H groups in total. The van der Waals surface area contributed by atoms with Gasteiger partial charge in [0, 0.05) is 4.70 Å². The maximum atomic E-state index is 3.53. The Morgan fingerprint density at radius 1 is 1.35 bits per heavy atom. The first-order valence-corrected chi connectivity index (χ1v) is 7.45. The molecule has 0 aliphatic carbocycles. The predicted molar refractivity (Wildman–Crippen MR) is 75.8 cm³/mol. The van der Waals surface area contributed by atoms with Crippen LogP contribution >= 0.6 is 11.3 Å². The Balaban J connectivity index is 2.04. The van der Waals surface area contributed by atoms with E-state index in [-0.39, 0.29) is 0 Å². The van der Waals surface area contributed by atoms with Crippen molar-refractivity contribution in [1.82, 2.24) is 5.32 Å². The van der Waals surface area contributed by atoms with Gasteiger partial charge in [0.05, 0.1) is 0 Å². The lowest BCUT2D eigenvalue weighted by Gasteiger charge is -2.32. The van der Waals surface area contributed by atoms with Crippen LogP contribution in [0.1, 0.15) is 31.2 Å². The highest BCUT2D eigenvalue weighted by molar-refractivity contribution is 7.17. The number of piperidine rings is 1. The topological polar surface area (TPSA) is 12.0 Å². The lowest BCUT2D eigenvalue weighted by molar-refractivity contribution is 0.319. The average molecular weight is 245 g/mol. The fraction of sp³-hybridized carbons (Fsp3) is 0.467. The van der Waals surface area contributed by atoms with Crippen molar-refractivity contribution >= 4 is 21.4 Å². The molecule has 1 saturated heterocycles. The molecular weight excluding hydrogens is 226 g/mol. The van der Waals surface area contributed by atoms with Crippen LogP contribution in [0.3, 0.4) is 0 Å². The van der Waals surface area contributed by atoms with E-state index in [1.807, 2.05) is 11.3 Å². The van der Waals surface area contributed by atoms with E-state index in [4.69, 9.17) is 0 Å². The van der Waals surface area contributed by atoms with Crippen molar-refractivity contribution < 1.29 is 0 Å². The van der Waals surface area contributed by atoms with Crippen LogP contribution in [-0.2, 0) is 0 Å². The third kappa shape index (κ3) is 2.00. The molecule has 3 rings (SSSR count). The quantitative estimate of drug-likeness (QED) is 0.843. The van der Waals surface area contributed by atoms with Crippen LogP contribution in [0.5, 0.6) is 0 Å². The molecule has 90 valence electrons. The summed E-state index contributed by atoms with van der Waals surface area (Å²) in [6.45, 7) is 4.67. The molecule has 17 heavy (non-hydrogen) atoms. The van der Waals surface area contributed by atoms with E-state index in [1.165, 1.54) is 36.0 Å². The number of thiophene rings is 1. The Kier molecular flexibility index (Phi) is 3.17. The molecule has 2 atom stereocenters. The van der Waals surface area contributed by atoms with E-state index in [2.05, 4.69) is 41.9 Å². The summed E-state index contributed by atoms with van der Waals surface area (Å²) in [5.41, 5.74) is 1.59. The van der Waals surface area contributed by atoms with Gasteiger partial charge in [0.25, 0.3) is 0 Å². The van der Waals surface area contributed by atoms with E-state index >= 15 is 0 Å². The summed E-state index contributed by atoms with van der Waals surface area (Å²) in [6.07, 6.45) is 2.56. The van der Waals surface area contributed by atoms with Crippen molar-refractivity contribution in [3.63, 3.8) is 0 Å². The van der Waals surface area contributed by atoms with Gasteiger partial charge in [-0.15, -0.1) is 11.3 Å². The molecule has 2 aromatic rings. The van der Waals surface area contributed by atoms with Crippen LogP contribution in [0.2, 0.25) is 0 Å². The number of hydrogen-bond acceptors (Lipinski definition) is 2. The number of fused-ring (bicyclic) bond motifs is 1. The minimum absolute atomic E-state index is 0.753. The molecule has 1 aromatic carbocycles. The third-order valence-corrected chi connectivity index (χ3v) is 5.02. The van der Waals surface area contributed by atoms with E-state index in [0.717, 1.165) is 11.8 Å². The second-order valence-electron chi connectivity index (χ2n) is 4.95. The highest BCUT2D eigenvalue weighted by Gasteiger charge is 2.26. The van der Waals surface area contributed by atoms with Gasteiger partial charge in [-0.1, -0.05) is 31.5 Å². The van der Waals surface area contributed by atoms with E-state index < -0.39 is 0 Å². The Morgan fingerprint density at radius 2 is 2.29 bits per heavy atom. The van der Waals surface area contributed by atoms with Gasteiger partial charge in [-0.25, -0.2) is 0 Å². The van der Waals surface area contributed by atoms with Crippen LogP contribution in [0, 0.1) is 5.92 Å². The summed E-state index contributed by atoms with van der Waals surface area (Å²) in [6, 6.07) is 9.04. The second-order valence-corrected chi connectivity index (χ2v) is 5.87. The average Bonchev–Trinajstić information content (AvgIpc) is 2.86. The lowest BCUT2D eigenvalue weighted by Crippen LogP contribution is -2.35. The summed E-state index contributed by atoms with van der Waals surface area (Å²) in [7, 11) is 0. The van der Waals surface area contributed by atoms with E-state index in [1.54, 1.807) is 5.56 Å². The SMILES string of the molecule is CCC1CNCCC1c1cccc2ccsc12. The van der Waals surface area contributed by atoms with Crippen LogP contribution in [0.15, 0.2) is 29.6 Å². The highest BCUT2D eigenvalue weighted by atomic mass is 32.1. The van der Waals surface area contributed by atoms with Crippen molar-refractivity contribution in [2.75, 3.05) is 13.1 Å². The zero-order chi connectivity index (χ0) is 11.7. The van der Waals surface area contributed by atoms with Crippen molar-refractivity contribution in [3.05, 3.63) is 35.2 Å². The van der Waals surface area contributed by atoms with Crippen molar-refractivity contribution in [2.45, 2.75) is 25.7 Å². The largest absolute Gasteiger partial charge is 0.316 e. The molecule has 2 heteroatoms. The van der Waals surface area contributed by atoms with Gasteiger partial charge in [0.2, 0.25) is 0 Å². The van der Waals surface area contributed by atoms with Crippen LogP contribution in [-0.4, -0.2) is 13.1 Å². The zero-order valence-corrected chi connectivity index (χ0v) is 11.1. The van der Waals surface area contributed by atoms with Crippen LogP contribution < -0.4 is 5.32 Å². The number of benzene rings is 1. The van der Waals surface area contributed by atoms with Crippen LogP contribution in [0.25, 0.3) is 10.1 Å². The summed E-state index contributed by atoms with van der Waals surface area (Å²) < 4.78 is 1.51. The van der Waals surface area contributed by atoms with Crippen molar-refractivity contribution in [1.29, 1.82) is 0 Å². The lowest BCUT2D eigenvalue weighted by atomic mass is 9.79. The Bertz CT molecular complexity index is 502. The zero-order valence-electron chi connectivity index (χ0n) is 10.3. The molecule has 1 aromatic heterocycles. The molecule has 2 unspecified atom stereocenters. The number of hydrogen-bond donors (Lipinski definition) is 1. The summed E-state index contributed by atoms with van der Waals surface area (Å²) >= 11 is 1.90. The monoisotopic (exact) mass is 245 g/mol. The standard InChI is InChI=1S/C15H19NS/c1-2-11-10-16-8-6-13(11)14-5-3-4-12-7-9-17-15(12)14/h3-5,7,9,11,13,16H,2,6,8,10H2,1H3.